The van der Waals surface area contributed by atoms with Gasteiger partial charge in [0.25, 0.3) is 0 Å². The molecule has 7 nitrogen and oxygen atoms in total. The lowest BCUT2D eigenvalue weighted by molar-refractivity contribution is -0.615. The summed E-state index contributed by atoms with van der Waals surface area (Å²) in [6.45, 7) is 4.16. The first kappa shape index (κ1) is 15.2. The van der Waals surface area contributed by atoms with E-state index in [0.717, 1.165) is 19.4 Å². The molecule has 0 aliphatic carbocycles. The van der Waals surface area contributed by atoms with Crippen molar-refractivity contribution in [1.82, 2.24) is 19.5 Å². The molecule has 3 heterocycles. The van der Waals surface area contributed by atoms with E-state index in [4.69, 9.17) is 17.3 Å². The molecule has 0 bridgehead atoms. The van der Waals surface area contributed by atoms with Crippen LogP contribution >= 0.6 is 34.2 Å². The predicted octanol–water partition coefficient (Wildman–Crippen LogP) is 1.97. The van der Waals surface area contributed by atoms with Gasteiger partial charge in [-0.2, -0.15) is 14.7 Å². The molecule has 0 aromatic carbocycles. The van der Waals surface area contributed by atoms with Gasteiger partial charge in [-0.3, -0.25) is 0 Å². The van der Waals surface area contributed by atoms with E-state index in [0.29, 0.717) is 23.4 Å². The summed E-state index contributed by atoms with van der Waals surface area (Å²) in [5.41, 5.74) is 9.12. The van der Waals surface area contributed by atoms with Crippen LogP contribution in [0.15, 0.2) is 12.5 Å². The van der Waals surface area contributed by atoms with Gasteiger partial charge in [0.15, 0.2) is 17.0 Å². The molecule has 0 saturated carbocycles. The minimum absolute atomic E-state index is 0.0736. The van der Waals surface area contributed by atoms with Gasteiger partial charge >= 0.3 is 0 Å². The quantitative estimate of drug-likeness (QED) is 0.290. The van der Waals surface area contributed by atoms with Crippen LogP contribution in [0.5, 0.6) is 0 Å². The maximum absolute atomic E-state index is 12.2. The summed E-state index contributed by atoms with van der Waals surface area (Å²) < 4.78 is 3.68. The van der Waals surface area contributed by atoms with Crippen molar-refractivity contribution in [3.05, 3.63) is 43.3 Å². The van der Waals surface area contributed by atoms with Gasteiger partial charge in [-0.05, 0) is 36.4 Å². The number of nitrogen functional groups attached to an aromatic ring is 1. The van der Waals surface area contributed by atoms with Crippen molar-refractivity contribution >= 4 is 51.3 Å². The summed E-state index contributed by atoms with van der Waals surface area (Å²) in [6.07, 6.45) is 3.15. The molecule has 0 amide bonds. The number of fused-ring (bicyclic) bond motifs is 1. The smallest absolute Gasteiger partial charge is 0.223 e. The maximum Gasteiger partial charge on any atom is 0.223 e. The number of halogens is 2. The van der Waals surface area contributed by atoms with E-state index in [1.807, 2.05) is 13.8 Å². The number of anilines is 1. The van der Waals surface area contributed by atoms with Gasteiger partial charge in [0.05, 0.1) is 6.33 Å². The zero-order chi connectivity index (χ0) is 16.0. The average molecular weight is 431 g/mol. The fourth-order valence-corrected chi connectivity index (χ4v) is 2.96. The second kappa shape index (κ2) is 5.51. The third kappa shape index (κ3) is 2.45. The first-order valence-corrected chi connectivity index (χ1v) is 7.85. The van der Waals surface area contributed by atoms with E-state index >= 15 is 0 Å². The Balaban J connectivity index is 2.14. The van der Waals surface area contributed by atoms with Crippen LogP contribution in [-0.2, 0) is 6.54 Å². The first-order valence-electron chi connectivity index (χ1n) is 6.40. The Bertz CT molecular complexity index is 894. The lowest BCUT2D eigenvalue weighted by atomic mass is 10.1. The van der Waals surface area contributed by atoms with Gasteiger partial charge in [0.2, 0.25) is 11.6 Å². The van der Waals surface area contributed by atoms with E-state index in [1.54, 1.807) is 17.1 Å². The van der Waals surface area contributed by atoms with Crippen molar-refractivity contribution in [1.29, 1.82) is 0 Å². The molecule has 0 aliphatic rings. The molecule has 0 saturated heterocycles. The van der Waals surface area contributed by atoms with Crippen molar-refractivity contribution in [2.24, 2.45) is 0 Å². The monoisotopic (exact) mass is 430 g/mol. The van der Waals surface area contributed by atoms with E-state index in [1.165, 1.54) is 0 Å². The van der Waals surface area contributed by atoms with Crippen molar-refractivity contribution in [3.63, 3.8) is 0 Å². The van der Waals surface area contributed by atoms with E-state index in [-0.39, 0.29) is 11.1 Å². The molecular formula is C13H12ClIN6O. The van der Waals surface area contributed by atoms with E-state index in [9.17, 15) is 5.21 Å². The first-order chi connectivity index (χ1) is 10.4. The molecule has 0 fully saturated rings. The minimum atomic E-state index is 0.0736. The van der Waals surface area contributed by atoms with Gasteiger partial charge in [0, 0.05) is 14.7 Å². The van der Waals surface area contributed by atoms with Crippen LogP contribution in [0, 0.1) is 22.6 Å². The molecule has 0 radical (unpaired) electrons. The molecule has 0 spiro atoms. The van der Waals surface area contributed by atoms with E-state index in [2.05, 4.69) is 37.5 Å². The third-order valence-corrected chi connectivity index (χ3v) is 5.37. The van der Waals surface area contributed by atoms with Crippen LogP contribution in [-0.4, -0.2) is 19.5 Å². The summed E-state index contributed by atoms with van der Waals surface area (Å²) in [5.74, 6) is 0.0736. The van der Waals surface area contributed by atoms with Crippen molar-refractivity contribution in [2.45, 2.75) is 20.4 Å². The molecule has 2 N–H and O–H groups in total. The SMILES string of the molecule is Cc1c[n+]([O-])c(Cn2cnc3c(Cl)nc(N)nc32)c(C)c1I. The number of hydrogen-bond acceptors (Lipinski definition) is 5. The summed E-state index contributed by atoms with van der Waals surface area (Å²) in [7, 11) is 0. The zero-order valence-electron chi connectivity index (χ0n) is 11.8. The molecular weight excluding hydrogens is 419 g/mol. The fraction of sp³-hybridized carbons (Fsp3) is 0.231. The number of nitrogens with two attached hydrogens (primary N) is 1. The fourth-order valence-electron chi connectivity index (χ4n) is 2.29. The Labute approximate surface area is 144 Å². The highest BCUT2D eigenvalue weighted by atomic mass is 127. The number of pyridine rings is 1. The standard InChI is InChI=1S/C13H12ClIN6O/c1-6-3-21(22)8(7(2)9(6)15)4-20-5-17-10-11(14)18-13(16)19-12(10)20/h3,5H,4H2,1-2H3,(H2,16,18,19). The predicted molar refractivity (Wildman–Crippen MR) is 91.4 cm³/mol. The average Bonchev–Trinajstić information content (AvgIpc) is 2.84. The van der Waals surface area contributed by atoms with Gasteiger partial charge in [0.1, 0.15) is 12.1 Å². The molecule has 3 aromatic heterocycles. The lowest BCUT2D eigenvalue weighted by Crippen LogP contribution is -2.35. The molecule has 0 unspecified atom stereocenters. The molecule has 3 aromatic rings. The van der Waals surface area contributed by atoms with Crippen molar-refractivity contribution in [2.75, 3.05) is 5.73 Å². The minimum Gasteiger partial charge on any atom is -0.618 e. The lowest BCUT2D eigenvalue weighted by Gasteiger charge is -2.11. The number of aromatic nitrogens is 5. The van der Waals surface area contributed by atoms with Gasteiger partial charge < -0.3 is 15.5 Å². The Morgan fingerprint density at radius 3 is 2.86 bits per heavy atom. The maximum atomic E-state index is 12.2. The number of aryl methyl sites for hydroxylation is 1. The molecule has 9 heteroatoms. The highest BCUT2D eigenvalue weighted by Crippen LogP contribution is 2.22. The number of rotatable bonds is 2. The van der Waals surface area contributed by atoms with Crippen LogP contribution < -0.4 is 10.5 Å². The van der Waals surface area contributed by atoms with Crippen molar-refractivity contribution in [3.8, 4) is 0 Å². The summed E-state index contributed by atoms with van der Waals surface area (Å²) in [5, 5.41) is 12.4. The van der Waals surface area contributed by atoms with E-state index < -0.39 is 0 Å². The number of nitrogens with zero attached hydrogens (tertiary/aromatic N) is 5. The third-order valence-electron chi connectivity index (χ3n) is 3.44. The summed E-state index contributed by atoms with van der Waals surface area (Å²) in [4.78, 5) is 12.2. The molecule has 22 heavy (non-hydrogen) atoms. The number of hydrogen-bond donors (Lipinski definition) is 1. The van der Waals surface area contributed by atoms with Crippen LogP contribution in [0.2, 0.25) is 5.15 Å². The Morgan fingerprint density at radius 1 is 1.41 bits per heavy atom. The summed E-state index contributed by atoms with van der Waals surface area (Å²) in [6, 6.07) is 0. The normalized spacial score (nSPS) is 11.3. The highest BCUT2D eigenvalue weighted by molar-refractivity contribution is 14.1. The van der Waals surface area contributed by atoms with Crippen LogP contribution in [0.1, 0.15) is 16.8 Å². The second-order valence-corrected chi connectivity index (χ2v) is 6.38. The molecule has 114 valence electrons. The van der Waals surface area contributed by atoms with Crippen LogP contribution in [0.25, 0.3) is 11.2 Å². The van der Waals surface area contributed by atoms with Gasteiger partial charge in [-0.15, -0.1) is 0 Å². The summed E-state index contributed by atoms with van der Waals surface area (Å²) >= 11 is 8.25. The Morgan fingerprint density at radius 2 is 2.14 bits per heavy atom. The second-order valence-electron chi connectivity index (χ2n) is 4.94. The van der Waals surface area contributed by atoms with Crippen molar-refractivity contribution < 1.29 is 4.73 Å². The molecule has 3 rings (SSSR count). The van der Waals surface area contributed by atoms with Crippen LogP contribution in [0.3, 0.4) is 0 Å². The highest BCUT2D eigenvalue weighted by Gasteiger charge is 2.18. The van der Waals surface area contributed by atoms with Crippen LogP contribution in [0.4, 0.5) is 5.95 Å². The Hall–Kier alpha value is -1.68. The Kier molecular flexibility index (Phi) is 3.81. The topological polar surface area (TPSA) is 96.6 Å². The molecule has 0 atom stereocenters. The number of imidazole rings is 1. The molecule has 0 aliphatic heterocycles. The largest absolute Gasteiger partial charge is 0.618 e. The zero-order valence-corrected chi connectivity index (χ0v) is 14.8. The van der Waals surface area contributed by atoms with Gasteiger partial charge in [-0.1, -0.05) is 11.6 Å². The van der Waals surface area contributed by atoms with Gasteiger partial charge in [-0.25, -0.2) is 4.98 Å².